The van der Waals surface area contributed by atoms with Gasteiger partial charge in [0.25, 0.3) is 0 Å². The van der Waals surface area contributed by atoms with Crippen LogP contribution in [0.1, 0.15) is 46.0 Å². The van der Waals surface area contributed by atoms with E-state index in [1.165, 1.54) is 12.8 Å². The molecule has 13 heavy (non-hydrogen) atoms. The normalized spacial score (nSPS) is 14.2. The Kier molecular flexibility index (Phi) is 7.39. The maximum Gasteiger partial charge on any atom is 0.203 e. The van der Waals surface area contributed by atoms with Crippen molar-refractivity contribution < 1.29 is 0 Å². The molecule has 1 atom stereocenters. The van der Waals surface area contributed by atoms with Crippen molar-refractivity contribution in [2.45, 2.75) is 52.0 Å². The lowest BCUT2D eigenvalue weighted by Gasteiger charge is -2.11. The van der Waals surface area contributed by atoms with E-state index in [4.69, 9.17) is 11.6 Å². The summed E-state index contributed by atoms with van der Waals surface area (Å²) in [7, 11) is 0. The number of guanidine groups is 1. The molecule has 0 aliphatic carbocycles. The van der Waals surface area contributed by atoms with Crippen LogP contribution in [0.25, 0.3) is 0 Å². The van der Waals surface area contributed by atoms with E-state index in [1.54, 1.807) is 0 Å². The number of hydrazine groups is 1. The monoisotopic (exact) mass is 186 g/mol. The summed E-state index contributed by atoms with van der Waals surface area (Å²) in [6.45, 7) is 4.33. The topological polar surface area (TPSA) is 76.4 Å². The molecule has 4 heteroatoms. The second-order valence-electron chi connectivity index (χ2n) is 3.24. The van der Waals surface area contributed by atoms with E-state index in [2.05, 4.69) is 24.3 Å². The smallest absolute Gasteiger partial charge is 0.203 e. The lowest BCUT2D eigenvalue weighted by Crippen LogP contribution is -2.38. The summed E-state index contributed by atoms with van der Waals surface area (Å²) in [4.78, 5) is 4.28. The minimum atomic E-state index is 0.334. The number of unbranched alkanes of at least 4 members (excludes halogenated alkanes) is 1. The quantitative estimate of drug-likeness (QED) is 0.252. The molecule has 0 heterocycles. The minimum Gasteiger partial charge on any atom is -0.369 e. The van der Waals surface area contributed by atoms with Gasteiger partial charge in [-0.1, -0.05) is 33.1 Å². The van der Waals surface area contributed by atoms with E-state index < -0.39 is 0 Å². The average Bonchev–Trinajstić information content (AvgIpc) is 2.14. The number of nitrogens with two attached hydrogens (primary N) is 2. The fourth-order valence-electron chi connectivity index (χ4n) is 1.28. The maximum atomic E-state index is 5.49. The van der Waals surface area contributed by atoms with Gasteiger partial charge in [0.15, 0.2) is 0 Å². The SMILES string of the molecule is CCCCC(CCC)N=C(N)NN. The predicted molar refractivity (Wildman–Crippen MR) is 57.2 cm³/mol. The zero-order valence-electron chi connectivity index (χ0n) is 8.71. The van der Waals surface area contributed by atoms with Crippen LogP contribution in [0.2, 0.25) is 0 Å². The first kappa shape index (κ1) is 12.2. The molecule has 5 N–H and O–H groups in total. The third kappa shape index (κ3) is 6.40. The molecule has 0 spiro atoms. The van der Waals surface area contributed by atoms with Gasteiger partial charge in [0.1, 0.15) is 0 Å². The van der Waals surface area contributed by atoms with Gasteiger partial charge in [0, 0.05) is 0 Å². The molecule has 0 saturated heterocycles. The largest absolute Gasteiger partial charge is 0.369 e. The molecule has 0 rings (SSSR count). The molecule has 1 unspecified atom stereocenters. The zero-order chi connectivity index (χ0) is 10.1. The number of nitrogens with zero attached hydrogens (tertiary/aromatic N) is 1. The van der Waals surface area contributed by atoms with Gasteiger partial charge < -0.3 is 5.73 Å². The Morgan fingerprint density at radius 2 is 2.00 bits per heavy atom. The molecule has 0 aliphatic heterocycles. The Bertz CT molecular complexity index is 145. The molecule has 0 bridgehead atoms. The molecule has 0 radical (unpaired) electrons. The number of rotatable bonds is 6. The molecule has 0 aromatic heterocycles. The number of hydrogen-bond donors (Lipinski definition) is 3. The highest BCUT2D eigenvalue weighted by atomic mass is 15.3. The molecule has 0 saturated carbocycles. The van der Waals surface area contributed by atoms with E-state index >= 15 is 0 Å². The van der Waals surface area contributed by atoms with E-state index in [1.807, 2.05) is 0 Å². The van der Waals surface area contributed by atoms with Crippen LogP contribution in [-0.4, -0.2) is 12.0 Å². The van der Waals surface area contributed by atoms with Crippen LogP contribution in [-0.2, 0) is 0 Å². The van der Waals surface area contributed by atoms with Crippen molar-refractivity contribution >= 4 is 5.96 Å². The summed E-state index contributed by atoms with van der Waals surface area (Å²) in [6, 6.07) is 0.334. The minimum absolute atomic E-state index is 0.334. The Balaban J connectivity index is 3.92. The van der Waals surface area contributed by atoms with Gasteiger partial charge in [-0.2, -0.15) is 0 Å². The highest BCUT2D eigenvalue weighted by Crippen LogP contribution is 2.10. The second-order valence-corrected chi connectivity index (χ2v) is 3.24. The molecule has 0 amide bonds. The first-order chi connectivity index (χ1) is 6.24. The Labute approximate surface area is 80.8 Å². The predicted octanol–water partition coefficient (Wildman–Crippen LogP) is 1.12. The highest BCUT2D eigenvalue weighted by Gasteiger charge is 2.05. The lowest BCUT2D eigenvalue weighted by molar-refractivity contribution is 0.535. The molecular formula is C9H22N4. The number of hydrogen-bond acceptors (Lipinski definition) is 2. The van der Waals surface area contributed by atoms with Crippen molar-refractivity contribution in [2.24, 2.45) is 16.6 Å². The maximum absolute atomic E-state index is 5.49. The summed E-state index contributed by atoms with van der Waals surface area (Å²) in [6.07, 6.45) is 5.72. The van der Waals surface area contributed by atoms with Gasteiger partial charge in [-0.3, -0.25) is 5.43 Å². The van der Waals surface area contributed by atoms with Gasteiger partial charge in [0.05, 0.1) is 6.04 Å². The molecule has 78 valence electrons. The Morgan fingerprint density at radius 1 is 1.31 bits per heavy atom. The van der Waals surface area contributed by atoms with Crippen LogP contribution in [0.4, 0.5) is 0 Å². The number of nitrogens with one attached hydrogen (secondary N) is 1. The van der Waals surface area contributed by atoms with E-state index in [-0.39, 0.29) is 0 Å². The van der Waals surface area contributed by atoms with Crippen molar-refractivity contribution in [1.82, 2.24) is 5.43 Å². The summed E-state index contributed by atoms with van der Waals surface area (Å²) in [5.74, 6) is 5.48. The van der Waals surface area contributed by atoms with Crippen LogP contribution in [0.3, 0.4) is 0 Å². The van der Waals surface area contributed by atoms with Crippen molar-refractivity contribution in [3.8, 4) is 0 Å². The summed E-state index contributed by atoms with van der Waals surface area (Å²) in [5.41, 5.74) is 7.85. The number of aliphatic imine (C=N–C) groups is 1. The van der Waals surface area contributed by atoms with Crippen molar-refractivity contribution in [3.05, 3.63) is 0 Å². The summed E-state index contributed by atoms with van der Waals surface area (Å²) >= 11 is 0. The molecule has 0 aromatic carbocycles. The molecule has 0 aliphatic rings. The van der Waals surface area contributed by atoms with Crippen molar-refractivity contribution in [1.29, 1.82) is 0 Å². The molecular weight excluding hydrogens is 164 g/mol. The first-order valence-corrected chi connectivity index (χ1v) is 5.04. The molecule has 0 aromatic rings. The van der Waals surface area contributed by atoms with Crippen LogP contribution in [0.5, 0.6) is 0 Å². The van der Waals surface area contributed by atoms with Gasteiger partial charge in [0.2, 0.25) is 5.96 Å². The Hall–Kier alpha value is -0.770. The average molecular weight is 186 g/mol. The fourth-order valence-corrected chi connectivity index (χ4v) is 1.28. The van der Waals surface area contributed by atoms with Crippen LogP contribution >= 0.6 is 0 Å². The standard InChI is InChI=1S/C9H22N4/c1-3-5-7-8(6-4-2)12-9(10)13-11/h8H,3-7,11H2,1-2H3,(H3,10,12,13). The Morgan fingerprint density at radius 3 is 2.46 bits per heavy atom. The summed E-state index contributed by atoms with van der Waals surface area (Å²) in [5, 5.41) is 0. The first-order valence-electron chi connectivity index (χ1n) is 5.04. The van der Waals surface area contributed by atoms with Crippen LogP contribution < -0.4 is 17.0 Å². The van der Waals surface area contributed by atoms with Gasteiger partial charge in [-0.15, -0.1) is 0 Å². The van der Waals surface area contributed by atoms with Gasteiger partial charge in [-0.25, -0.2) is 10.8 Å². The van der Waals surface area contributed by atoms with Crippen molar-refractivity contribution in [2.75, 3.05) is 0 Å². The van der Waals surface area contributed by atoms with Crippen LogP contribution in [0.15, 0.2) is 4.99 Å². The van der Waals surface area contributed by atoms with E-state index in [9.17, 15) is 0 Å². The third-order valence-electron chi connectivity index (χ3n) is 1.98. The zero-order valence-corrected chi connectivity index (χ0v) is 8.71. The van der Waals surface area contributed by atoms with E-state index in [0.717, 1.165) is 19.3 Å². The molecule has 0 fully saturated rings. The van der Waals surface area contributed by atoms with Gasteiger partial charge in [-0.05, 0) is 12.8 Å². The molecule has 4 nitrogen and oxygen atoms in total. The third-order valence-corrected chi connectivity index (χ3v) is 1.98. The second kappa shape index (κ2) is 7.86. The van der Waals surface area contributed by atoms with Crippen LogP contribution in [0, 0.1) is 0 Å². The summed E-state index contributed by atoms with van der Waals surface area (Å²) < 4.78 is 0. The van der Waals surface area contributed by atoms with Crippen molar-refractivity contribution in [3.63, 3.8) is 0 Å². The van der Waals surface area contributed by atoms with E-state index in [0.29, 0.717) is 12.0 Å². The highest BCUT2D eigenvalue weighted by molar-refractivity contribution is 5.77. The fraction of sp³-hybridized carbons (Fsp3) is 0.889. The lowest BCUT2D eigenvalue weighted by atomic mass is 10.1. The van der Waals surface area contributed by atoms with Gasteiger partial charge >= 0.3 is 0 Å².